The number of ether oxygens (including phenoxy) is 2. The molecule has 0 bridgehead atoms. The van der Waals surface area contributed by atoms with Crippen LogP contribution in [-0.4, -0.2) is 40.2 Å². The number of rotatable bonds is 10. The number of hydrogen-bond acceptors (Lipinski definition) is 8. The minimum atomic E-state index is -0.712. The Bertz CT molecular complexity index is 1420. The lowest BCUT2D eigenvalue weighted by Crippen LogP contribution is -2.19. The van der Waals surface area contributed by atoms with E-state index in [1.54, 1.807) is 24.3 Å². The van der Waals surface area contributed by atoms with E-state index < -0.39 is 5.82 Å². The van der Waals surface area contributed by atoms with Crippen LogP contribution in [0.1, 0.15) is 17.0 Å². The zero-order valence-electron chi connectivity index (χ0n) is 19.2. The smallest absolute Gasteiger partial charge is 0.247 e. The van der Waals surface area contributed by atoms with Crippen molar-refractivity contribution in [1.29, 1.82) is 5.26 Å². The van der Waals surface area contributed by atoms with Crippen LogP contribution < -0.4 is 9.47 Å². The van der Waals surface area contributed by atoms with Gasteiger partial charge in [-0.05, 0) is 48.5 Å². The van der Waals surface area contributed by atoms with E-state index in [9.17, 15) is 0 Å². The molecule has 1 heterocycles. The largest absolute Gasteiger partial charge is 0.493 e. The van der Waals surface area contributed by atoms with E-state index >= 15 is 4.39 Å². The third kappa shape index (κ3) is 6.56. The monoisotopic (exact) mass is 543 g/mol. The van der Waals surface area contributed by atoms with Gasteiger partial charge < -0.3 is 24.1 Å². The van der Waals surface area contributed by atoms with Gasteiger partial charge in [-0.15, -0.1) is 10.2 Å². The Kier molecular flexibility index (Phi) is 8.58. The Hall–Kier alpha value is -3.68. The predicted molar refractivity (Wildman–Crippen MR) is 133 cm³/mol. The van der Waals surface area contributed by atoms with Gasteiger partial charge in [0.15, 0.2) is 11.6 Å². The molecule has 0 spiro atoms. The molecule has 0 aliphatic rings. The van der Waals surface area contributed by atoms with Crippen molar-refractivity contribution in [2.24, 2.45) is 5.92 Å². The highest BCUT2D eigenvalue weighted by atomic mass is 35.5. The molecule has 2 N–H and O–H groups in total. The molecule has 11 heteroatoms. The fourth-order valence-corrected chi connectivity index (χ4v) is 3.69. The zero-order valence-corrected chi connectivity index (χ0v) is 20.7. The Morgan fingerprint density at radius 3 is 2.46 bits per heavy atom. The molecule has 0 radical (unpaired) electrons. The molecule has 0 unspecified atom stereocenters. The van der Waals surface area contributed by atoms with Crippen LogP contribution >= 0.6 is 23.2 Å². The maximum absolute atomic E-state index is 15.3. The molecule has 0 aliphatic heterocycles. The van der Waals surface area contributed by atoms with E-state index in [1.807, 2.05) is 6.07 Å². The fraction of sp³-hybridized carbons (Fsp3) is 0.192. The normalized spacial score (nSPS) is 10.9. The molecule has 0 amide bonds. The third-order valence-electron chi connectivity index (χ3n) is 5.26. The summed E-state index contributed by atoms with van der Waals surface area (Å²) in [7, 11) is 0. The molecule has 3 aromatic carbocycles. The number of nitriles is 1. The van der Waals surface area contributed by atoms with Crippen LogP contribution in [0.3, 0.4) is 0 Å². The average molecular weight is 544 g/mol. The van der Waals surface area contributed by atoms with Gasteiger partial charge in [0, 0.05) is 22.1 Å². The van der Waals surface area contributed by atoms with Crippen molar-refractivity contribution in [2.75, 3.05) is 19.8 Å². The molecule has 0 fully saturated rings. The SMILES string of the molecule is N#Cc1cc(Cl)cc(Oc2c(Cl)ccc(Cc3nnc(-c4ccc(OCC(CO)CO)cc4)o3)c2F)c1. The van der Waals surface area contributed by atoms with Gasteiger partial charge in [-0.25, -0.2) is 4.39 Å². The molecule has 4 aromatic rings. The molecular formula is C26H20Cl2FN3O5. The minimum absolute atomic E-state index is 0.0176. The standard InChI is InChI=1S/C26H20Cl2FN3O5/c27-19-7-15(11-30)8-21(10-19)36-25-22(28)6-3-18(24(25)29)9-23-31-32-26(37-23)17-1-4-20(5-2-17)35-14-16(12-33)13-34/h1-8,10,16,33-34H,9,12-14H2. The van der Waals surface area contributed by atoms with E-state index in [0.717, 1.165) is 0 Å². The molecule has 0 saturated carbocycles. The second-order valence-electron chi connectivity index (χ2n) is 7.98. The van der Waals surface area contributed by atoms with Crippen molar-refractivity contribution in [3.63, 3.8) is 0 Å². The lowest BCUT2D eigenvalue weighted by molar-refractivity contribution is 0.106. The third-order valence-corrected chi connectivity index (χ3v) is 5.78. The Morgan fingerprint density at radius 2 is 1.76 bits per heavy atom. The zero-order chi connectivity index (χ0) is 26.4. The number of halogens is 3. The molecular weight excluding hydrogens is 524 g/mol. The molecule has 37 heavy (non-hydrogen) atoms. The van der Waals surface area contributed by atoms with Crippen molar-refractivity contribution in [2.45, 2.75) is 6.42 Å². The number of aliphatic hydroxyl groups is 2. The number of aliphatic hydroxyl groups excluding tert-OH is 2. The second kappa shape index (κ2) is 12.0. The van der Waals surface area contributed by atoms with Crippen molar-refractivity contribution in [1.82, 2.24) is 10.2 Å². The first-order valence-corrected chi connectivity index (χ1v) is 11.8. The highest BCUT2D eigenvalue weighted by molar-refractivity contribution is 6.32. The quantitative estimate of drug-likeness (QED) is 0.272. The lowest BCUT2D eigenvalue weighted by Gasteiger charge is -2.12. The van der Waals surface area contributed by atoms with E-state index in [4.69, 9.17) is 52.6 Å². The molecule has 0 saturated heterocycles. The van der Waals surface area contributed by atoms with Crippen LogP contribution in [0.15, 0.2) is 59.0 Å². The van der Waals surface area contributed by atoms with Gasteiger partial charge in [0.1, 0.15) is 11.5 Å². The highest BCUT2D eigenvalue weighted by Gasteiger charge is 2.18. The van der Waals surface area contributed by atoms with E-state index in [2.05, 4.69) is 10.2 Å². The van der Waals surface area contributed by atoms with Crippen molar-refractivity contribution < 1.29 is 28.5 Å². The topological polar surface area (TPSA) is 122 Å². The highest BCUT2D eigenvalue weighted by Crippen LogP contribution is 2.36. The van der Waals surface area contributed by atoms with Gasteiger partial charge in [-0.3, -0.25) is 0 Å². The van der Waals surface area contributed by atoms with Gasteiger partial charge in [-0.1, -0.05) is 29.3 Å². The van der Waals surface area contributed by atoms with Crippen LogP contribution in [0, 0.1) is 23.1 Å². The molecule has 4 rings (SSSR count). The summed E-state index contributed by atoms with van der Waals surface area (Å²) in [5, 5.41) is 35.7. The molecule has 8 nitrogen and oxygen atoms in total. The minimum Gasteiger partial charge on any atom is -0.493 e. The first kappa shape index (κ1) is 26.4. The summed E-state index contributed by atoms with van der Waals surface area (Å²) >= 11 is 12.2. The van der Waals surface area contributed by atoms with Gasteiger partial charge in [0.05, 0.1) is 42.9 Å². The predicted octanol–water partition coefficient (Wildman–Crippen LogP) is 5.42. The van der Waals surface area contributed by atoms with Crippen molar-refractivity contribution in [3.05, 3.63) is 87.5 Å². The second-order valence-corrected chi connectivity index (χ2v) is 8.83. The Morgan fingerprint density at radius 1 is 1.00 bits per heavy atom. The van der Waals surface area contributed by atoms with Gasteiger partial charge in [0.2, 0.25) is 11.8 Å². The summed E-state index contributed by atoms with van der Waals surface area (Å²) in [4.78, 5) is 0. The Labute approximate surface area is 221 Å². The van der Waals surface area contributed by atoms with Crippen molar-refractivity contribution >= 4 is 23.2 Å². The maximum atomic E-state index is 15.3. The summed E-state index contributed by atoms with van der Waals surface area (Å²) < 4.78 is 32.2. The fourth-order valence-electron chi connectivity index (χ4n) is 3.28. The van der Waals surface area contributed by atoms with Gasteiger partial charge in [0.25, 0.3) is 0 Å². The summed E-state index contributed by atoms with van der Waals surface area (Å²) in [6.07, 6.45) is -0.0176. The van der Waals surface area contributed by atoms with E-state index in [0.29, 0.717) is 11.3 Å². The average Bonchev–Trinajstić information content (AvgIpc) is 3.37. The summed E-state index contributed by atoms with van der Waals surface area (Å²) in [5.74, 6) is -0.172. The van der Waals surface area contributed by atoms with Crippen LogP contribution in [0.25, 0.3) is 11.5 Å². The first-order valence-electron chi connectivity index (χ1n) is 11.0. The van der Waals surface area contributed by atoms with Crippen LogP contribution in [0.2, 0.25) is 10.0 Å². The number of benzene rings is 3. The molecule has 0 aliphatic carbocycles. The van der Waals surface area contributed by atoms with E-state index in [1.165, 1.54) is 30.3 Å². The van der Waals surface area contributed by atoms with Gasteiger partial charge in [-0.2, -0.15) is 5.26 Å². The number of hydrogen-bond donors (Lipinski definition) is 2. The van der Waals surface area contributed by atoms with Crippen LogP contribution in [0.4, 0.5) is 4.39 Å². The summed E-state index contributed by atoms with van der Waals surface area (Å²) in [6, 6.07) is 16.1. The molecule has 1 aromatic heterocycles. The summed E-state index contributed by atoms with van der Waals surface area (Å²) in [5.41, 5.74) is 1.10. The molecule has 190 valence electrons. The molecule has 0 atom stereocenters. The van der Waals surface area contributed by atoms with E-state index in [-0.39, 0.29) is 76.6 Å². The number of nitrogens with zero attached hydrogens (tertiary/aromatic N) is 3. The van der Waals surface area contributed by atoms with Crippen molar-refractivity contribution in [3.8, 4) is 34.8 Å². The van der Waals surface area contributed by atoms with Gasteiger partial charge >= 0.3 is 0 Å². The van der Waals surface area contributed by atoms with Crippen LogP contribution in [0.5, 0.6) is 17.2 Å². The number of aromatic nitrogens is 2. The Balaban J connectivity index is 1.48. The van der Waals surface area contributed by atoms with Crippen LogP contribution in [-0.2, 0) is 6.42 Å². The lowest BCUT2D eigenvalue weighted by atomic mass is 10.1. The summed E-state index contributed by atoms with van der Waals surface area (Å²) in [6.45, 7) is -0.181. The maximum Gasteiger partial charge on any atom is 0.247 e. The first-order chi connectivity index (χ1) is 17.9.